The molecule has 0 radical (unpaired) electrons. The molecule has 0 aromatic carbocycles. The van der Waals surface area contributed by atoms with E-state index in [1.165, 1.54) is 77.0 Å². The van der Waals surface area contributed by atoms with E-state index in [2.05, 4.69) is 6.92 Å². The van der Waals surface area contributed by atoms with Crippen LogP contribution >= 0.6 is 11.8 Å². The van der Waals surface area contributed by atoms with Gasteiger partial charge >= 0.3 is 11.9 Å². The van der Waals surface area contributed by atoms with Crippen molar-refractivity contribution in [3.05, 3.63) is 0 Å². The molecule has 0 heterocycles. The zero-order valence-corrected chi connectivity index (χ0v) is 23.0. The van der Waals surface area contributed by atoms with Crippen molar-refractivity contribution in [2.75, 3.05) is 12.0 Å². The van der Waals surface area contributed by atoms with E-state index in [4.69, 9.17) is 10.5 Å². The third kappa shape index (κ3) is 22.6. The van der Waals surface area contributed by atoms with Crippen LogP contribution in [-0.2, 0) is 33.8 Å². The molecular weight excluding hydrogens is 436 g/mol. The number of carbonyl (C=O) groups is 2. The Labute approximate surface area is 197 Å². The third-order valence-electron chi connectivity index (χ3n) is 5.13. The first kappa shape index (κ1) is 31.3. The molecule has 0 bridgehead atoms. The first-order valence-corrected chi connectivity index (χ1v) is 13.0. The summed E-state index contributed by atoms with van der Waals surface area (Å²) in [6, 6.07) is -0.683. The van der Waals surface area contributed by atoms with Gasteiger partial charge in [-0.2, -0.15) is 11.8 Å². The van der Waals surface area contributed by atoms with Crippen molar-refractivity contribution < 1.29 is 33.8 Å². The van der Waals surface area contributed by atoms with Crippen molar-refractivity contribution in [2.24, 2.45) is 5.73 Å². The Morgan fingerprint density at radius 1 is 0.793 bits per heavy atom. The summed E-state index contributed by atoms with van der Waals surface area (Å²) in [5, 5.41) is 0. The number of hydrogen-bond donors (Lipinski definition) is 1. The van der Waals surface area contributed by atoms with Crippen LogP contribution in [0.1, 0.15) is 116 Å². The van der Waals surface area contributed by atoms with E-state index < -0.39 is 18.0 Å². The SMILES string of the molecule is CCCCCCCCCCCCCCCCCC(=O)OC(=O)[C@@H](N)CCSC.[Zn]. The van der Waals surface area contributed by atoms with Crippen molar-refractivity contribution in [1.29, 1.82) is 0 Å². The number of esters is 2. The van der Waals surface area contributed by atoms with Gasteiger partial charge in [0, 0.05) is 25.9 Å². The van der Waals surface area contributed by atoms with E-state index in [0.717, 1.165) is 25.0 Å². The largest absolute Gasteiger partial charge is 0.392 e. The van der Waals surface area contributed by atoms with E-state index >= 15 is 0 Å². The number of hydrogen-bond acceptors (Lipinski definition) is 5. The fourth-order valence-corrected chi connectivity index (χ4v) is 3.73. The summed E-state index contributed by atoms with van der Waals surface area (Å²) in [4.78, 5) is 23.3. The van der Waals surface area contributed by atoms with Crippen molar-refractivity contribution in [1.82, 2.24) is 0 Å². The Bertz CT molecular complexity index is 383. The van der Waals surface area contributed by atoms with Crippen LogP contribution in [0.5, 0.6) is 0 Å². The van der Waals surface area contributed by atoms with Gasteiger partial charge in [-0.1, -0.05) is 96.8 Å². The molecule has 6 heteroatoms. The van der Waals surface area contributed by atoms with Crippen molar-refractivity contribution >= 4 is 23.7 Å². The molecule has 0 aliphatic rings. The maximum atomic E-state index is 11.7. The van der Waals surface area contributed by atoms with Gasteiger partial charge in [-0.3, -0.25) is 4.79 Å². The Kier molecular flexibility index (Phi) is 26.2. The van der Waals surface area contributed by atoms with Crippen molar-refractivity contribution in [3.8, 4) is 0 Å². The van der Waals surface area contributed by atoms with Crippen LogP contribution in [0.2, 0.25) is 0 Å². The van der Waals surface area contributed by atoms with Gasteiger partial charge in [-0.15, -0.1) is 0 Å². The predicted octanol–water partition coefficient (Wildman–Crippen LogP) is 6.40. The summed E-state index contributed by atoms with van der Waals surface area (Å²) in [5.74, 6) is -0.219. The van der Waals surface area contributed by atoms with E-state index in [9.17, 15) is 9.59 Å². The first-order chi connectivity index (χ1) is 13.6. The predicted molar refractivity (Wildman–Crippen MR) is 122 cm³/mol. The quantitative estimate of drug-likeness (QED) is 0.0945. The van der Waals surface area contributed by atoms with Gasteiger partial charge in [-0.05, 0) is 24.9 Å². The molecule has 0 rings (SSSR count). The molecule has 0 unspecified atom stereocenters. The van der Waals surface area contributed by atoms with Gasteiger partial charge in [0.1, 0.15) is 6.04 Å². The standard InChI is InChI=1S/C23H45NO3S.Zn/c1-3-4-5-6-7-8-9-10-11-12-13-14-15-16-17-18-22(25)27-23(26)21(24)19-20-28-2;/h21H,3-20,24H2,1-2H3;/t21-;/m0./s1. The minimum absolute atomic E-state index is 0. The van der Waals surface area contributed by atoms with E-state index in [-0.39, 0.29) is 19.5 Å². The molecule has 0 aromatic heterocycles. The number of ether oxygens (including phenoxy) is 1. The summed E-state index contributed by atoms with van der Waals surface area (Å²) in [5.41, 5.74) is 5.70. The summed E-state index contributed by atoms with van der Waals surface area (Å²) < 4.78 is 4.82. The van der Waals surface area contributed by atoms with Crippen molar-refractivity contribution in [3.63, 3.8) is 0 Å². The summed E-state index contributed by atoms with van der Waals surface area (Å²) in [6.07, 6.45) is 22.2. The zero-order chi connectivity index (χ0) is 20.9. The zero-order valence-electron chi connectivity index (χ0n) is 19.2. The number of nitrogens with two attached hydrogens (primary N) is 1. The van der Waals surface area contributed by atoms with Gasteiger partial charge in [0.05, 0.1) is 0 Å². The van der Waals surface area contributed by atoms with Crippen LogP contribution in [0.3, 0.4) is 0 Å². The average molecular weight is 481 g/mol. The molecule has 4 nitrogen and oxygen atoms in total. The number of unbranched alkanes of at least 4 members (excludes halogenated alkanes) is 14. The minimum Gasteiger partial charge on any atom is -0.392 e. The average Bonchev–Trinajstić information content (AvgIpc) is 2.68. The number of carbonyl (C=O) groups excluding carboxylic acids is 2. The van der Waals surface area contributed by atoms with Gasteiger partial charge in [-0.25, -0.2) is 4.79 Å². The van der Waals surface area contributed by atoms with Crippen LogP contribution in [0.25, 0.3) is 0 Å². The van der Waals surface area contributed by atoms with Gasteiger partial charge < -0.3 is 10.5 Å². The minimum atomic E-state index is -0.683. The molecule has 0 spiro atoms. The smallest absolute Gasteiger partial charge is 0.330 e. The maximum absolute atomic E-state index is 11.7. The molecular formula is C23H45NO3SZn. The molecule has 0 fully saturated rings. The Morgan fingerprint density at radius 3 is 1.62 bits per heavy atom. The molecule has 1 atom stereocenters. The molecule has 0 aliphatic carbocycles. The monoisotopic (exact) mass is 479 g/mol. The molecule has 168 valence electrons. The summed E-state index contributed by atoms with van der Waals surface area (Å²) >= 11 is 1.63. The van der Waals surface area contributed by atoms with Gasteiger partial charge in [0.2, 0.25) is 0 Å². The van der Waals surface area contributed by atoms with E-state index in [1.807, 2.05) is 6.26 Å². The fraction of sp³-hybridized carbons (Fsp3) is 0.913. The number of rotatable bonds is 20. The molecule has 0 aromatic rings. The summed E-state index contributed by atoms with van der Waals surface area (Å²) in [7, 11) is 0. The molecule has 29 heavy (non-hydrogen) atoms. The molecule has 0 aliphatic heterocycles. The van der Waals surface area contributed by atoms with E-state index in [0.29, 0.717) is 12.8 Å². The molecule has 0 saturated heterocycles. The normalized spacial score (nSPS) is 11.7. The fourth-order valence-electron chi connectivity index (χ4n) is 3.24. The third-order valence-corrected chi connectivity index (χ3v) is 5.78. The molecule has 2 N–H and O–H groups in total. The van der Waals surface area contributed by atoms with Gasteiger partial charge in [0.25, 0.3) is 0 Å². The van der Waals surface area contributed by atoms with Crippen LogP contribution in [0, 0.1) is 0 Å². The molecule has 0 amide bonds. The topological polar surface area (TPSA) is 69.4 Å². The Hall–Kier alpha value is 0.0734. The van der Waals surface area contributed by atoms with Crippen LogP contribution in [0.4, 0.5) is 0 Å². The molecule has 0 saturated carbocycles. The summed E-state index contributed by atoms with van der Waals surface area (Å²) in [6.45, 7) is 2.27. The second-order valence-electron chi connectivity index (χ2n) is 7.88. The maximum Gasteiger partial charge on any atom is 0.330 e. The van der Waals surface area contributed by atoms with Crippen LogP contribution in [0.15, 0.2) is 0 Å². The Balaban J connectivity index is 0. The second kappa shape index (κ2) is 24.3. The van der Waals surface area contributed by atoms with Crippen LogP contribution < -0.4 is 5.73 Å². The Morgan fingerprint density at radius 2 is 1.21 bits per heavy atom. The second-order valence-corrected chi connectivity index (χ2v) is 8.87. The number of thioether (sulfide) groups is 1. The van der Waals surface area contributed by atoms with E-state index in [1.54, 1.807) is 11.8 Å². The van der Waals surface area contributed by atoms with Gasteiger partial charge in [0.15, 0.2) is 0 Å². The first-order valence-electron chi connectivity index (χ1n) is 11.6. The van der Waals surface area contributed by atoms with Crippen molar-refractivity contribution in [2.45, 2.75) is 122 Å². The van der Waals surface area contributed by atoms with Crippen LogP contribution in [-0.4, -0.2) is 30.0 Å².